The molecule has 0 amide bonds. The molecule has 0 bridgehead atoms. The molecule has 12 nitrogen and oxygen atoms in total. The standard InChI is InChI=1S/C34H43FO12S/c1-5-30(36)43-19-15-39-13-17-41-23(3)45-21-25(47-24(4)42-18-14-40-16-20-44-31(37)6-2)22-46-28-12-11-27(35)32-33(38)26-9-7-8-10-29(26)48-34(28)32/h6-12,23-25H,2,5,13-22H2,1,3-4H3. The Kier molecular flexibility index (Phi) is 17.4. The number of carbonyl (C=O) groups is 2. The Morgan fingerprint density at radius 3 is 2.23 bits per heavy atom. The number of fused-ring (bicyclic) bond motifs is 2. The molecule has 0 saturated carbocycles. The first kappa shape index (κ1) is 38.9. The van der Waals surface area contributed by atoms with Gasteiger partial charge in [-0.25, -0.2) is 9.18 Å². The van der Waals surface area contributed by atoms with E-state index in [0.29, 0.717) is 27.0 Å². The number of esters is 2. The third-order valence-corrected chi connectivity index (χ3v) is 7.73. The molecular weight excluding hydrogens is 651 g/mol. The van der Waals surface area contributed by atoms with Crippen molar-refractivity contribution >= 4 is 43.4 Å². The SMILES string of the molecule is C=CC(=O)OCCOCCOC(C)OC(COc1ccc(F)c2c(=O)c3ccccc3sc12)COC(C)OCCOCCOC(=O)CC. The normalized spacial score (nSPS) is 13.2. The van der Waals surface area contributed by atoms with Crippen LogP contribution >= 0.6 is 11.3 Å². The summed E-state index contributed by atoms with van der Waals surface area (Å²) in [7, 11) is 0. The van der Waals surface area contributed by atoms with Crippen molar-refractivity contribution < 1.29 is 56.6 Å². The van der Waals surface area contributed by atoms with Crippen molar-refractivity contribution in [2.75, 3.05) is 66.1 Å². The lowest BCUT2D eigenvalue weighted by Gasteiger charge is -2.24. The molecule has 1 heterocycles. The van der Waals surface area contributed by atoms with Gasteiger partial charge in [0, 0.05) is 22.6 Å². The van der Waals surface area contributed by atoms with Crippen molar-refractivity contribution in [2.24, 2.45) is 0 Å². The van der Waals surface area contributed by atoms with E-state index in [1.165, 1.54) is 23.5 Å². The Morgan fingerprint density at radius 1 is 0.854 bits per heavy atom. The van der Waals surface area contributed by atoms with E-state index in [1.807, 2.05) is 6.07 Å². The molecule has 0 radical (unpaired) electrons. The number of hydrogen-bond acceptors (Lipinski definition) is 13. The first-order valence-corrected chi connectivity index (χ1v) is 16.4. The van der Waals surface area contributed by atoms with Gasteiger partial charge in [0.15, 0.2) is 18.0 Å². The van der Waals surface area contributed by atoms with E-state index < -0.39 is 35.9 Å². The van der Waals surface area contributed by atoms with E-state index in [4.69, 9.17) is 42.6 Å². The highest BCUT2D eigenvalue weighted by atomic mass is 32.1. The van der Waals surface area contributed by atoms with E-state index in [-0.39, 0.29) is 77.4 Å². The number of benzene rings is 2. The van der Waals surface area contributed by atoms with Gasteiger partial charge in [-0.2, -0.15) is 0 Å². The van der Waals surface area contributed by atoms with Gasteiger partial charge in [0.25, 0.3) is 0 Å². The second-order valence-corrected chi connectivity index (χ2v) is 11.2. The first-order chi connectivity index (χ1) is 23.2. The first-order valence-electron chi connectivity index (χ1n) is 15.6. The van der Waals surface area contributed by atoms with Crippen LogP contribution in [-0.4, -0.2) is 96.7 Å². The van der Waals surface area contributed by atoms with Crippen LogP contribution < -0.4 is 10.2 Å². The highest BCUT2D eigenvalue weighted by Crippen LogP contribution is 2.33. The lowest BCUT2D eigenvalue weighted by Crippen LogP contribution is -2.34. The molecule has 264 valence electrons. The van der Waals surface area contributed by atoms with Gasteiger partial charge in [-0.3, -0.25) is 9.59 Å². The predicted octanol–water partition coefficient (Wildman–Crippen LogP) is 4.78. The fourth-order valence-electron chi connectivity index (χ4n) is 4.19. The summed E-state index contributed by atoms with van der Waals surface area (Å²) in [6.07, 6.45) is -0.594. The van der Waals surface area contributed by atoms with Crippen LogP contribution in [0.25, 0.3) is 20.2 Å². The second-order valence-electron chi connectivity index (χ2n) is 10.1. The maximum atomic E-state index is 14.9. The van der Waals surface area contributed by atoms with Gasteiger partial charge in [-0.1, -0.05) is 25.6 Å². The fourth-order valence-corrected chi connectivity index (χ4v) is 5.35. The number of rotatable bonds is 24. The van der Waals surface area contributed by atoms with Crippen LogP contribution in [0, 0.1) is 5.82 Å². The Labute approximate surface area is 282 Å². The van der Waals surface area contributed by atoms with Gasteiger partial charge < -0.3 is 42.6 Å². The molecule has 1 aromatic heterocycles. The zero-order valence-electron chi connectivity index (χ0n) is 27.4. The second kappa shape index (κ2) is 21.5. The molecule has 2 aromatic carbocycles. The Hall–Kier alpha value is -3.50. The van der Waals surface area contributed by atoms with Gasteiger partial charge in [0.1, 0.15) is 37.5 Å². The Balaban J connectivity index is 1.56. The van der Waals surface area contributed by atoms with Gasteiger partial charge in [-0.05, 0) is 38.1 Å². The molecule has 3 rings (SSSR count). The monoisotopic (exact) mass is 694 g/mol. The van der Waals surface area contributed by atoms with Gasteiger partial charge >= 0.3 is 11.9 Å². The van der Waals surface area contributed by atoms with Crippen molar-refractivity contribution in [3.05, 3.63) is 65.1 Å². The zero-order valence-corrected chi connectivity index (χ0v) is 28.3. The topological polar surface area (TPSA) is 134 Å². The number of ether oxygens (including phenoxy) is 9. The van der Waals surface area contributed by atoms with E-state index in [9.17, 15) is 18.8 Å². The summed E-state index contributed by atoms with van der Waals surface area (Å²) in [4.78, 5) is 35.4. The van der Waals surface area contributed by atoms with Crippen molar-refractivity contribution in [3.8, 4) is 5.75 Å². The zero-order chi connectivity index (χ0) is 34.7. The Morgan fingerprint density at radius 2 is 1.52 bits per heavy atom. The average Bonchev–Trinajstić information content (AvgIpc) is 3.08. The quantitative estimate of drug-likeness (QED) is 0.0420. The lowest BCUT2D eigenvalue weighted by molar-refractivity contribution is -0.208. The molecule has 3 atom stereocenters. The van der Waals surface area contributed by atoms with Crippen molar-refractivity contribution in [1.29, 1.82) is 0 Å². The van der Waals surface area contributed by atoms with Gasteiger partial charge in [0.2, 0.25) is 0 Å². The van der Waals surface area contributed by atoms with E-state index >= 15 is 0 Å². The minimum Gasteiger partial charge on any atom is -0.489 e. The highest BCUT2D eigenvalue weighted by molar-refractivity contribution is 7.24. The van der Waals surface area contributed by atoms with Crippen LogP contribution in [0.1, 0.15) is 27.2 Å². The molecule has 0 fully saturated rings. The lowest BCUT2D eigenvalue weighted by atomic mass is 10.1. The minimum atomic E-state index is -0.694. The molecule has 3 unspecified atom stereocenters. The molecule has 14 heteroatoms. The maximum Gasteiger partial charge on any atom is 0.330 e. The highest BCUT2D eigenvalue weighted by Gasteiger charge is 2.20. The van der Waals surface area contributed by atoms with Crippen LogP contribution in [0.3, 0.4) is 0 Å². The van der Waals surface area contributed by atoms with Crippen molar-refractivity contribution in [3.63, 3.8) is 0 Å². The van der Waals surface area contributed by atoms with E-state index in [0.717, 1.165) is 6.08 Å². The summed E-state index contributed by atoms with van der Waals surface area (Å²) in [5.74, 6) is -1.10. The molecule has 0 spiro atoms. The summed E-state index contributed by atoms with van der Waals surface area (Å²) in [5, 5.41) is 0.404. The molecule has 0 N–H and O–H groups in total. The molecule has 0 aliphatic rings. The maximum absolute atomic E-state index is 14.9. The molecular formula is C34H43FO12S. The third kappa shape index (κ3) is 13.2. The number of halogens is 1. The van der Waals surface area contributed by atoms with Crippen molar-refractivity contribution in [1.82, 2.24) is 0 Å². The number of hydrogen-bond donors (Lipinski definition) is 0. The minimum absolute atomic E-state index is 0.0142. The molecule has 3 aromatic rings. The van der Waals surface area contributed by atoms with E-state index in [1.54, 1.807) is 39.0 Å². The van der Waals surface area contributed by atoms with Crippen molar-refractivity contribution in [2.45, 2.75) is 45.9 Å². The largest absolute Gasteiger partial charge is 0.489 e. The number of carbonyl (C=O) groups excluding carboxylic acids is 2. The summed E-state index contributed by atoms with van der Waals surface area (Å²) in [5.41, 5.74) is -0.404. The summed E-state index contributed by atoms with van der Waals surface area (Å²) in [6, 6.07) is 9.73. The average molecular weight is 695 g/mol. The van der Waals surface area contributed by atoms with E-state index in [2.05, 4.69) is 6.58 Å². The molecule has 0 aliphatic heterocycles. The fraction of sp³-hybridized carbons (Fsp3) is 0.500. The van der Waals surface area contributed by atoms with Crippen LogP contribution in [0.15, 0.2) is 53.8 Å². The molecule has 48 heavy (non-hydrogen) atoms. The smallest absolute Gasteiger partial charge is 0.330 e. The van der Waals surface area contributed by atoms with Crippen LogP contribution in [-0.2, 0) is 47.5 Å². The summed E-state index contributed by atoms with van der Waals surface area (Å²) < 4.78 is 66.0. The summed E-state index contributed by atoms with van der Waals surface area (Å²) in [6.45, 7) is 10.2. The predicted molar refractivity (Wildman–Crippen MR) is 177 cm³/mol. The van der Waals surface area contributed by atoms with Gasteiger partial charge in [0.05, 0.1) is 56.3 Å². The van der Waals surface area contributed by atoms with Crippen LogP contribution in [0.2, 0.25) is 0 Å². The van der Waals surface area contributed by atoms with Crippen LogP contribution in [0.5, 0.6) is 5.75 Å². The van der Waals surface area contributed by atoms with Crippen LogP contribution in [0.4, 0.5) is 4.39 Å². The Bertz CT molecular complexity index is 1510. The molecule has 0 aliphatic carbocycles. The molecule has 0 saturated heterocycles. The summed E-state index contributed by atoms with van der Waals surface area (Å²) >= 11 is 1.27. The van der Waals surface area contributed by atoms with Gasteiger partial charge in [-0.15, -0.1) is 11.3 Å². The third-order valence-electron chi connectivity index (χ3n) is 6.55.